The van der Waals surface area contributed by atoms with Crippen LogP contribution in [0.15, 0.2) is 47.3 Å². The molecule has 0 saturated heterocycles. The van der Waals surface area contributed by atoms with E-state index in [1.54, 1.807) is 12.1 Å². The highest BCUT2D eigenvalue weighted by molar-refractivity contribution is 5.92. The number of hydrogen-bond acceptors (Lipinski definition) is 3. The van der Waals surface area contributed by atoms with Gasteiger partial charge in [0.1, 0.15) is 11.5 Å². The Morgan fingerprint density at radius 3 is 2.71 bits per heavy atom. The molecule has 6 nitrogen and oxygen atoms in total. The van der Waals surface area contributed by atoms with Crippen molar-refractivity contribution in [2.45, 2.75) is 13.0 Å². The van der Waals surface area contributed by atoms with E-state index in [9.17, 15) is 9.59 Å². The van der Waals surface area contributed by atoms with Gasteiger partial charge in [0, 0.05) is 6.07 Å². The average Bonchev–Trinajstić information content (AvgIpc) is 2.91. The minimum atomic E-state index is -0.347. The quantitative estimate of drug-likeness (QED) is 0.683. The Kier molecular flexibility index (Phi) is 3.27. The molecule has 3 N–H and O–H groups in total. The summed E-state index contributed by atoms with van der Waals surface area (Å²) < 4.78 is 0. The van der Waals surface area contributed by atoms with Crippen LogP contribution in [0.4, 0.5) is 0 Å². The highest BCUT2D eigenvalue weighted by atomic mass is 16.2. The van der Waals surface area contributed by atoms with E-state index < -0.39 is 0 Å². The van der Waals surface area contributed by atoms with Gasteiger partial charge in [-0.05, 0) is 25.1 Å². The molecular weight excluding hydrogens is 268 g/mol. The molecule has 0 aliphatic rings. The van der Waals surface area contributed by atoms with Crippen LogP contribution in [0.25, 0.3) is 11.0 Å². The molecule has 1 aromatic carbocycles. The number of H-pyrrole nitrogens is 2. The van der Waals surface area contributed by atoms with Crippen LogP contribution in [0.2, 0.25) is 0 Å². The molecule has 0 bridgehead atoms. The second-order valence-electron chi connectivity index (χ2n) is 4.76. The van der Waals surface area contributed by atoms with Gasteiger partial charge in [0.15, 0.2) is 0 Å². The maximum absolute atomic E-state index is 12.1. The Morgan fingerprint density at radius 2 is 1.95 bits per heavy atom. The number of aromatic nitrogens is 3. The van der Waals surface area contributed by atoms with E-state index in [4.69, 9.17) is 0 Å². The average molecular weight is 282 g/mol. The summed E-state index contributed by atoms with van der Waals surface area (Å²) in [5, 5.41) is 2.80. The number of carbonyl (C=O) groups is 1. The van der Waals surface area contributed by atoms with Crippen molar-refractivity contribution in [3.05, 3.63) is 64.3 Å². The Balaban J connectivity index is 1.81. The fourth-order valence-electron chi connectivity index (χ4n) is 2.10. The summed E-state index contributed by atoms with van der Waals surface area (Å²) in [4.78, 5) is 33.4. The van der Waals surface area contributed by atoms with E-state index in [1.807, 2.05) is 31.2 Å². The topological polar surface area (TPSA) is 90.6 Å². The molecular formula is C15H14N4O2. The minimum Gasteiger partial charge on any atom is -0.341 e. The molecule has 6 heteroatoms. The van der Waals surface area contributed by atoms with Crippen LogP contribution in [0.5, 0.6) is 0 Å². The first-order valence-electron chi connectivity index (χ1n) is 6.58. The number of hydrogen-bond donors (Lipinski definition) is 3. The molecule has 3 aromatic rings. The van der Waals surface area contributed by atoms with Crippen molar-refractivity contribution in [1.29, 1.82) is 0 Å². The number of aromatic amines is 2. The normalized spacial score (nSPS) is 12.2. The van der Waals surface area contributed by atoms with Gasteiger partial charge in [0.25, 0.3) is 5.91 Å². The lowest BCUT2D eigenvalue weighted by atomic mass is 10.3. The first kappa shape index (κ1) is 13.1. The molecule has 1 amide bonds. The summed E-state index contributed by atoms with van der Waals surface area (Å²) in [6.07, 6.45) is 0. The third-order valence-corrected chi connectivity index (χ3v) is 3.18. The first-order valence-corrected chi connectivity index (χ1v) is 6.58. The molecule has 0 spiro atoms. The third-order valence-electron chi connectivity index (χ3n) is 3.18. The zero-order valence-corrected chi connectivity index (χ0v) is 11.4. The van der Waals surface area contributed by atoms with E-state index in [2.05, 4.69) is 20.3 Å². The van der Waals surface area contributed by atoms with Crippen molar-refractivity contribution >= 4 is 16.9 Å². The smallest absolute Gasteiger partial charge is 0.268 e. The molecule has 0 fully saturated rings. The van der Waals surface area contributed by atoms with Crippen LogP contribution in [0.3, 0.4) is 0 Å². The summed E-state index contributed by atoms with van der Waals surface area (Å²) in [6, 6.07) is 11.8. The molecule has 0 aliphatic carbocycles. The summed E-state index contributed by atoms with van der Waals surface area (Å²) >= 11 is 0. The number of para-hydroxylation sites is 2. The predicted molar refractivity (Wildman–Crippen MR) is 79.0 cm³/mol. The zero-order valence-electron chi connectivity index (χ0n) is 11.4. The van der Waals surface area contributed by atoms with Crippen LogP contribution in [0, 0.1) is 0 Å². The summed E-state index contributed by atoms with van der Waals surface area (Å²) in [5.74, 6) is 0.323. The monoisotopic (exact) mass is 282 g/mol. The lowest BCUT2D eigenvalue weighted by Crippen LogP contribution is -2.29. The fraction of sp³-hybridized carbons (Fsp3) is 0.133. The van der Waals surface area contributed by atoms with Crippen molar-refractivity contribution in [2.24, 2.45) is 0 Å². The van der Waals surface area contributed by atoms with Gasteiger partial charge in [-0.15, -0.1) is 0 Å². The lowest BCUT2D eigenvalue weighted by molar-refractivity contribution is 0.0933. The van der Waals surface area contributed by atoms with E-state index in [-0.39, 0.29) is 23.2 Å². The van der Waals surface area contributed by atoms with Gasteiger partial charge >= 0.3 is 0 Å². The number of amides is 1. The second-order valence-corrected chi connectivity index (χ2v) is 4.76. The maximum atomic E-state index is 12.1. The van der Waals surface area contributed by atoms with Crippen LogP contribution >= 0.6 is 0 Å². The van der Waals surface area contributed by atoms with Crippen molar-refractivity contribution in [3.63, 3.8) is 0 Å². The summed E-state index contributed by atoms with van der Waals surface area (Å²) in [7, 11) is 0. The van der Waals surface area contributed by atoms with Gasteiger partial charge in [-0.25, -0.2) is 4.98 Å². The van der Waals surface area contributed by atoms with E-state index in [0.717, 1.165) is 11.0 Å². The standard InChI is InChI=1S/C15H14N4O2/c1-9(14-18-10-5-2-3-6-11(10)19-14)16-15(21)12-7-4-8-13(20)17-12/h2-9H,1H3,(H,16,21)(H,17,20)(H,18,19). The first-order chi connectivity index (χ1) is 10.1. The highest BCUT2D eigenvalue weighted by Gasteiger charge is 2.15. The van der Waals surface area contributed by atoms with Gasteiger partial charge < -0.3 is 15.3 Å². The molecule has 21 heavy (non-hydrogen) atoms. The number of fused-ring (bicyclic) bond motifs is 1. The molecule has 106 valence electrons. The molecule has 2 aromatic heterocycles. The minimum absolute atomic E-state index is 0.227. The van der Waals surface area contributed by atoms with Crippen LogP contribution in [-0.4, -0.2) is 20.9 Å². The largest absolute Gasteiger partial charge is 0.341 e. The maximum Gasteiger partial charge on any atom is 0.268 e. The van der Waals surface area contributed by atoms with E-state index in [1.165, 1.54) is 6.07 Å². The molecule has 1 unspecified atom stereocenters. The number of rotatable bonds is 3. The second kappa shape index (κ2) is 5.24. The number of benzene rings is 1. The predicted octanol–water partition coefficient (Wildman–Crippen LogP) is 1.74. The SMILES string of the molecule is CC(NC(=O)c1cccc(=O)[nH]1)c1nc2ccccc2[nH]1. The van der Waals surface area contributed by atoms with E-state index in [0.29, 0.717) is 5.82 Å². The molecule has 0 saturated carbocycles. The summed E-state index contributed by atoms with van der Waals surface area (Å²) in [6.45, 7) is 1.83. The van der Waals surface area contributed by atoms with Crippen molar-refractivity contribution in [2.75, 3.05) is 0 Å². The van der Waals surface area contributed by atoms with Crippen molar-refractivity contribution in [3.8, 4) is 0 Å². The Labute approximate surface area is 120 Å². The van der Waals surface area contributed by atoms with Crippen LogP contribution in [-0.2, 0) is 0 Å². The molecule has 0 radical (unpaired) electrons. The lowest BCUT2D eigenvalue weighted by Gasteiger charge is -2.11. The fourth-order valence-corrected chi connectivity index (χ4v) is 2.10. The number of pyridine rings is 1. The Hall–Kier alpha value is -2.89. The summed E-state index contributed by atoms with van der Waals surface area (Å²) in [5.41, 5.74) is 1.69. The number of nitrogens with zero attached hydrogens (tertiary/aromatic N) is 1. The van der Waals surface area contributed by atoms with Gasteiger partial charge in [-0.2, -0.15) is 0 Å². The molecule has 2 heterocycles. The number of carbonyl (C=O) groups excluding carboxylic acids is 1. The van der Waals surface area contributed by atoms with Crippen molar-refractivity contribution in [1.82, 2.24) is 20.3 Å². The van der Waals surface area contributed by atoms with Gasteiger partial charge in [0.2, 0.25) is 5.56 Å². The van der Waals surface area contributed by atoms with Crippen LogP contribution in [0.1, 0.15) is 29.3 Å². The van der Waals surface area contributed by atoms with Gasteiger partial charge in [-0.1, -0.05) is 18.2 Å². The number of nitrogens with one attached hydrogen (secondary N) is 3. The van der Waals surface area contributed by atoms with Gasteiger partial charge in [-0.3, -0.25) is 9.59 Å². The van der Waals surface area contributed by atoms with E-state index >= 15 is 0 Å². The third kappa shape index (κ3) is 2.69. The molecule has 1 atom stereocenters. The number of imidazole rings is 1. The molecule has 0 aliphatic heterocycles. The van der Waals surface area contributed by atoms with Gasteiger partial charge in [0.05, 0.1) is 17.1 Å². The van der Waals surface area contributed by atoms with Crippen molar-refractivity contribution < 1.29 is 4.79 Å². The zero-order chi connectivity index (χ0) is 14.8. The Morgan fingerprint density at radius 1 is 1.14 bits per heavy atom. The molecule has 3 rings (SSSR count). The van der Waals surface area contributed by atoms with Crippen LogP contribution < -0.4 is 10.9 Å². The highest BCUT2D eigenvalue weighted by Crippen LogP contribution is 2.15. The Bertz CT molecular complexity index is 817.